The molecule has 0 saturated carbocycles. The number of nitrogens with zero attached hydrogens (tertiary/aromatic N) is 2. The maximum atomic E-state index is 13.0. The van der Waals surface area contributed by atoms with Crippen LogP contribution >= 0.6 is 11.6 Å². The number of amides is 1. The summed E-state index contributed by atoms with van der Waals surface area (Å²) in [5.74, 6) is -0.630. The first-order chi connectivity index (χ1) is 13.5. The Morgan fingerprint density at radius 2 is 2.00 bits per heavy atom. The van der Waals surface area contributed by atoms with E-state index in [0.29, 0.717) is 16.4 Å². The Bertz CT molecular complexity index is 1070. The van der Waals surface area contributed by atoms with Gasteiger partial charge in [0.05, 0.1) is 16.1 Å². The van der Waals surface area contributed by atoms with Gasteiger partial charge in [0, 0.05) is 17.3 Å². The molecule has 1 atom stereocenters. The number of aryl methyl sites for hydroxylation is 1. The molecule has 0 fully saturated rings. The molecule has 142 valence electrons. The van der Waals surface area contributed by atoms with Crippen LogP contribution < -0.4 is 5.32 Å². The SMILES string of the molecule is C[C@@H](OC(=O)c1c2c(nc3ccccc13)CCC2)C(=O)Nc1ccc(Cl)cn1. The van der Waals surface area contributed by atoms with Gasteiger partial charge in [-0.25, -0.2) is 9.78 Å². The molecule has 0 radical (unpaired) electrons. The molecule has 7 heteroatoms. The van der Waals surface area contributed by atoms with E-state index in [9.17, 15) is 9.59 Å². The molecule has 6 nitrogen and oxygen atoms in total. The van der Waals surface area contributed by atoms with E-state index in [4.69, 9.17) is 16.3 Å². The van der Waals surface area contributed by atoms with E-state index in [0.717, 1.165) is 41.4 Å². The number of esters is 1. The smallest absolute Gasteiger partial charge is 0.339 e. The van der Waals surface area contributed by atoms with Crippen LogP contribution in [-0.2, 0) is 22.4 Å². The van der Waals surface area contributed by atoms with Crippen LogP contribution in [0.25, 0.3) is 10.9 Å². The van der Waals surface area contributed by atoms with E-state index in [-0.39, 0.29) is 0 Å². The van der Waals surface area contributed by atoms with E-state index in [1.807, 2.05) is 24.3 Å². The van der Waals surface area contributed by atoms with E-state index >= 15 is 0 Å². The molecule has 1 aliphatic carbocycles. The van der Waals surface area contributed by atoms with Crippen LogP contribution in [0.3, 0.4) is 0 Å². The molecule has 0 bridgehead atoms. The van der Waals surface area contributed by atoms with Gasteiger partial charge >= 0.3 is 5.97 Å². The zero-order chi connectivity index (χ0) is 19.7. The van der Waals surface area contributed by atoms with Crippen LogP contribution in [0.5, 0.6) is 0 Å². The van der Waals surface area contributed by atoms with E-state index in [2.05, 4.69) is 15.3 Å². The molecule has 0 unspecified atom stereocenters. The summed E-state index contributed by atoms with van der Waals surface area (Å²) in [6.07, 6.45) is 3.04. The lowest BCUT2D eigenvalue weighted by Gasteiger charge is -2.16. The Hall–Kier alpha value is -2.99. The topological polar surface area (TPSA) is 81.2 Å². The van der Waals surface area contributed by atoms with Crippen molar-refractivity contribution >= 4 is 40.2 Å². The zero-order valence-corrected chi connectivity index (χ0v) is 16.0. The molecular formula is C21H18ClN3O3. The molecular weight excluding hydrogens is 378 g/mol. The minimum Gasteiger partial charge on any atom is -0.449 e. The first-order valence-corrected chi connectivity index (χ1v) is 9.44. The highest BCUT2D eigenvalue weighted by Gasteiger charge is 2.27. The average molecular weight is 396 g/mol. The molecule has 28 heavy (non-hydrogen) atoms. The van der Waals surface area contributed by atoms with Crippen molar-refractivity contribution in [2.45, 2.75) is 32.3 Å². The number of pyridine rings is 2. The number of rotatable bonds is 4. The van der Waals surface area contributed by atoms with Crippen molar-refractivity contribution in [1.82, 2.24) is 9.97 Å². The van der Waals surface area contributed by atoms with Gasteiger partial charge in [0.15, 0.2) is 6.10 Å². The first kappa shape index (κ1) is 18.4. The minimum atomic E-state index is -0.978. The molecule has 1 aromatic carbocycles. The number of carbonyl (C=O) groups is 2. The second-order valence-electron chi connectivity index (χ2n) is 6.68. The van der Waals surface area contributed by atoms with Crippen LogP contribution in [0, 0.1) is 0 Å². The van der Waals surface area contributed by atoms with Gasteiger partial charge in [0.2, 0.25) is 0 Å². The Morgan fingerprint density at radius 1 is 1.18 bits per heavy atom. The zero-order valence-electron chi connectivity index (χ0n) is 15.2. The number of nitrogens with one attached hydrogen (secondary N) is 1. The fraction of sp³-hybridized carbons (Fsp3) is 0.238. The maximum Gasteiger partial charge on any atom is 0.339 e. The molecule has 4 rings (SSSR count). The Kier molecular flexibility index (Phi) is 4.96. The van der Waals surface area contributed by atoms with Crippen LogP contribution in [0.1, 0.15) is 35.0 Å². The number of fused-ring (bicyclic) bond motifs is 2. The number of benzene rings is 1. The van der Waals surface area contributed by atoms with Gasteiger partial charge in [-0.3, -0.25) is 9.78 Å². The number of anilines is 1. The van der Waals surface area contributed by atoms with Gasteiger partial charge in [-0.05, 0) is 49.9 Å². The maximum absolute atomic E-state index is 13.0. The summed E-state index contributed by atoms with van der Waals surface area (Å²) in [5.41, 5.74) is 3.14. The molecule has 2 heterocycles. The van der Waals surface area contributed by atoms with Crippen molar-refractivity contribution in [3.05, 3.63) is 64.4 Å². The van der Waals surface area contributed by atoms with Crippen LogP contribution in [-0.4, -0.2) is 27.9 Å². The van der Waals surface area contributed by atoms with Crippen molar-refractivity contribution in [3.63, 3.8) is 0 Å². The molecule has 1 amide bonds. The summed E-state index contributed by atoms with van der Waals surface area (Å²) in [6.45, 7) is 1.53. The first-order valence-electron chi connectivity index (χ1n) is 9.07. The van der Waals surface area contributed by atoms with Gasteiger partial charge < -0.3 is 10.1 Å². The van der Waals surface area contributed by atoms with E-state index in [1.165, 1.54) is 13.1 Å². The van der Waals surface area contributed by atoms with Crippen molar-refractivity contribution < 1.29 is 14.3 Å². The Balaban J connectivity index is 1.57. The van der Waals surface area contributed by atoms with Crippen LogP contribution in [0.4, 0.5) is 5.82 Å². The number of carbonyl (C=O) groups excluding carboxylic acids is 2. The lowest BCUT2D eigenvalue weighted by Crippen LogP contribution is -2.30. The molecule has 0 spiro atoms. The van der Waals surface area contributed by atoms with Gasteiger partial charge in [0.25, 0.3) is 5.91 Å². The predicted octanol–water partition coefficient (Wildman–Crippen LogP) is 3.96. The highest BCUT2D eigenvalue weighted by Crippen LogP contribution is 2.30. The quantitative estimate of drug-likeness (QED) is 0.676. The van der Waals surface area contributed by atoms with Crippen LogP contribution in [0.2, 0.25) is 5.02 Å². The van der Waals surface area contributed by atoms with Gasteiger partial charge in [0.1, 0.15) is 5.82 Å². The fourth-order valence-corrected chi connectivity index (χ4v) is 3.51. The Morgan fingerprint density at radius 3 is 2.79 bits per heavy atom. The van der Waals surface area contributed by atoms with Crippen molar-refractivity contribution in [2.75, 3.05) is 5.32 Å². The summed E-state index contributed by atoms with van der Waals surface area (Å²) < 4.78 is 5.49. The molecule has 1 aliphatic rings. The van der Waals surface area contributed by atoms with E-state index in [1.54, 1.807) is 12.1 Å². The molecule has 1 N–H and O–H groups in total. The summed E-state index contributed by atoms with van der Waals surface area (Å²) in [6, 6.07) is 10.7. The van der Waals surface area contributed by atoms with Crippen molar-refractivity contribution in [3.8, 4) is 0 Å². The highest BCUT2D eigenvalue weighted by atomic mass is 35.5. The number of hydrogen-bond donors (Lipinski definition) is 1. The summed E-state index contributed by atoms with van der Waals surface area (Å²) in [7, 11) is 0. The van der Waals surface area contributed by atoms with E-state index < -0.39 is 18.0 Å². The second-order valence-corrected chi connectivity index (χ2v) is 7.12. The molecule has 3 aromatic rings. The van der Waals surface area contributed by atoms with Gasteiger partial charge in [-0.1, -0.05) is 29.8 Å². The average Bonchev–Trinajstić information content (AvgIpc) is 3.15. The number of hydrogen-bond acceptors (Lipinski definition) is 5. The molecule has 2 aromatic heterocycles. The number of aromatic nitrogens is 2. The summed E-state index contributed by atoms with van der Waals surface area (Å²) in [5, 5.41) is 3.84. The predicted molar refractivity (Wildman–Crippen MR) is 107 cm³/mol. The largest absolute Gasteiger partial charge is 0.449 e. The van der Waals surface area contributed by atoms with Crippen molar-refractivity contribution in [1.29, 1.82) is 0 Å². The molecule has 0 aliphatic heterocycles. The normalized spacial score (nSPS) is 13.8. The summed E-state index contributed by atoms with van der Waals surface area (Å²) in [4.78, 5) is 34.0. The third kappa shape index (κ3) is 3.55. The van der Waals surface area contributed by atoms with Gasteiger partial charge in [-0.2, -0.15) is 0 Å². The standard InChI is InChI=1S/C21H18ClN3O3/c1-12(20(26)25-18-10-9-13(22)11-23-18)28-21(27)19-14-5-2-3-7-16(14)24-17-8-4-6-15(17)19/h2-3,5,7,9-12H,4,6,8H2,1H3,(H,23,25,26)/t12-/m1/s1. The van der Waals surface area contributed by atoms with Crippen LogP contribution in [0.15, 0.2) is 42.6 Å². The fourth-order valence-electron chi connectivity index (χ4n) is 3.39. The van der Waals surface area contributed by atoms with Crippen molar-refractivity contribution in [2.24, 2.45) is 0 Å². The third-order valence-electron chi connectivity index (χ3n) is 4.76. The second kappa shape index (κ2) is 7.56. The van der Waals surface area contributed by atoms with Gasteiger partial charge in [-0.15, -0.1) is 0 Å². The number of halogens is 1. The number of ether oxygens (including phenoxy) is 1. The lowest BCUT2D eigenvalue weighted by atomic mass is 10.0. The lowest BCUT2D eigenvalue weighted by molar-refractivity contribution is -0.123. The number of para-hydroxylation sites is 1. The Labute approximate surface area is 166 Å². The minimum absolute atomic E-state index is 0.340. The monoisotopic (exact) mass is 395 g/mol. The molecule has 0 saturated heterocycles. The highest BCUT2D eigenvalue weighted by molar-refractivity contribution is 6.30. The third-order valence-corrected chi connectivity index (χ3v) is 4.98. The summed E-state index contributed by atoms with van der Waals surface area (Å²) >= 11 is 5.79.